The number of ether oxygens (including phenoxy) is 1. The van der Waals surface area contributed by atoms with Gasteiger partial charge in [-0.25, -0.2) is 0 Å². The van der Waals surface area contributed by atoms with Crippen LogP contribution in [-0.2, 0) is 4.74 Å². The van der Waals surface area contributed by atoms with Gasteiger partial charge < -0.3 is 10.1 Å². The van der Waals surface area contributed by atoms with E-state index < -0.39 is 0 Å². The van der Waals surface area contributed by atoms with Crippen LogP contribution < -0.4 is 5.32 Å². The molecule has 0 aromatic heterocycles. The average Bonchev–Trinajstić information content (AvgIpc) is 2.85. The van der Waals surface area contributed by atoms with Gasteiger partial charge in [0.05, 0.1) is 5.60 Å². The largest absolute Gasteiger partial charge is 0.375 e. The number of nitrogens with one attached hydrogen (secondary N) is 1. The van der Waals surface area contributed by atoms with Crippen molar-refractivity contribution in [1.29, 1.82) is 0 Å². The van der Waals surface area contributed by atoms with E-state index in [9.17, 15) is 0 Å². The summed E-state index contributed by atoms with van der Waals surface area (Å²) in [6.45, 7) is 8.08. The zero-order chi connectivity index (χ0) is 14.0. The fraction of sp³-hybridized carbons (Fsp3) is 1.00. The van der Waals surface area contributed by atoms with E-state index in [0.29, 0.717) is 5.60 Å². The van der Waals surface area contributed by atoms with Crippen molar-refractivity contribution in [1.82, 2.24) is 5.32 Å². The molecule has 1 heterocycles. The quantitative estimate of drug-likeness (QED) is 0.821. The van der Waals surface area contributed by atoms with Gasteiger partial charge >= 0.3 is 0 Å². The Kier molecular flexibility index (Phi) is 4.72. The molecule has 3 atom stereocenters. The molecule has 0 aromatic carbocycles. The molecule has 3 aliphatic rings. The van der Waals surface area contributed by atoms with Gasteiger partial charge in [-0.2, -0.15) is 0 Å². The first-order valence-electron chi connectivity index (χ1n) is 9.03. The van der Waals surface area contributed by atoms with Crippen LogP contribution in [0.2, 0.25) is 0 Å². The number of hydrogen-bond acceptors (Lipinski definition) is 2. The van der Waals surface area contributed by atoms with Gasteiger partial charge in [0.2, 0.25) is 0 Å². The van der Waals surface area contributed by atoms with Crippen LogP contribution in [0.4, 0.5) is 0 Å². The third-order valence-corrected chi connectivity index (χ3v) is 6.08. The minimum Gasteiger partial charge on any atom is -0.375 e. The highest BCUT2D eigenvalue weighted by molar-refractivity contribution is 4.97. The lowest BCUT2D eigenvalue weighted by Gasteiger charge is -2.49. The van der Waals surface area contributed by atoms with Gasteiger partial charge in [-0.3, -0.25) is 0 Å². The maximum atomic E-state index is 6.12. The lowest BCUT2D eigenvalue weighted by atomic mass is 9.67. The highest BCUT2D eigenvalue weighted by atomic mass is 16.5. The Bertz CT molecular complexity index is 311. The lowest BCUT2D eigenvalue weighted by molar-refractivity contribution is -0.151. The van der Waals surface area contributed by atoms with E-state index in [4.69, 9.17) is 4.74 Å². The molecule has 3 unspecified atom stereocenters. The van der Waals surface area contributed by atoms with E-state index in [-0.39, 0.29) is 0 Å². The predicted octanol–water partition coefficient (Wildman–Crippen LogP) is 4.00. The zero-order valence-electron chi connectivity index (χ0n) is 13.5. The summed E-state index contributed by atoms with van der Waals surface area (Å²) in [5.74, 6) is 3.65. The summed E-state index contributed by atoms with van der Waals surface area (Å²) in [6, 6.07) is 0. The van der Waals surface area contributed by atoms with E-state index >= 15 is 0 Å². The maximum absolute atomic E-state index is 6.12. The van der Waals surface area contributed by atoms with Crippen molar-refractivity contribution in [2.75, 3.05) is 19.7 Å². The van der Waals surface area contributed by atoms with Gasteiger partial charge in [0.25, 0.3) is 0 Å². The first-order valence-corrected chi connectivity index (χ1v) is 9.03. The smallest absolute Gasteiger partial charge is 0.0685 e. The minimum atomic E-state index is 0.335. The van der Waals surface area contributed by atoms with Crippen molar-refractivity contribution < 1.29 is 4.74 Å². The molecule has 1 aliphatic heterocycles. The molecule has 2 nitrogen and oxygen atoms in total. The van der Waals surface area contributed by atoms with Gasteiger partial charge in [0.1, 0.15) is 0 Å². The minimum absolute atomic E-state index is 0.335. The van der Waals surface area contributed by atoms with Gasteiger partial charge in [0, 0.05) is 6.61 Å². The molecule has 3 rings (SSSR count). The van der Waals surface area contributed by atoms with Crippen LogP contribution in [0, 0.1) is 23.7 Å². The SMILES string of the molecule is CC(C)CNCC1CCCC1C1CCOC2(CCC2)C1. The standard InChI is InChI=1S/C18H33NO/c1-14(2)12-19-13-16-5-3-6-17(16)15-7-10-20-18(11-15)8-4-9-18/h14-17,19H,3-13H2,1-2H3. The lowest BCUT2D eigenvalue weighted by Crippen LogP contribution is -2.47. The first-order chi connectivity index (χ1) is 9.69. The van der Waals surface area contributed by atoms with Crippen molar-refractivity contribution in [3.05, 3.63) is 0 Å². The van der Waals surface area contributed by atoms with E-state index in [2.05, 4.69) is 19.2 Å². The molecule has 2 saturated carbocycles. The Morgan fingerprint density at radius 2 is 2.00 bits per heavy atom. The molecule has 0 radical (unpaired) electrons. The Balaban J connectivity index is 1.52. The van der Waals surface area contributed by atoms with E-state index in [0.717, 1.165) is 30.3 Å². The molecule has 2 aliphatic carbocycles. The predicted molar refractivity (Wildman–Crippen MR) is 83.8 cm³/mol. The normalized spacial score (nSPS) is 36.5. The monoisotopic (exact) mass is 279 g/mol. The molecule has 0 aromatic rings. The summed E-state index contributed by atoms with van der Waals surface area (Å²) in [6.07, 6.45) is 11.2. The van der Waals surface area contributed by atoms with Crippen LogP contribution >= 0.6 is 0 Å². The van der Waals surface area contributed by atoms with Gasteiger partial charge in [-0.05, 0) is 81.7 Å². The molecule has 1 N–H and O–H groups in total. The molecule has 0 bridgehead atoms. The molecule has 0 amide bonds. The fourth-order valence-electron chi connectivity index (χ4n) is 4.85. The third kappa shape index (κ3) is 3.22. The fourth-order valence-corrected chi connectivity index (χ4v) is 4.85. The summed E-state index contributed by atoms with van der Waals surface area (Å²) >= 11 is 0. The van der Waals surface area contributed by atoms with Crippen molar-refractivity contribution in [3.8, 4) is 0 Å². The van der Waals surface area contributed by atoms with Crippen LogP contribution in [0.5, 0.6) is 0 Å². The van der Waals surface area contributed by atoms with Crippen LogP contribution in [0.3, 0.4) is 0 Å². The van der Waals surface area contributed by atoms with Crippen LogP contribution in [-0.4, -0.2) is 25.3 Å². The second kappa shape index (κ2) is 6.36. The molecule has 3 fully saturated rings. The summed E-state index contributed by atoms with van der Waals surface area (Å²) in [4.78, 5) is 0. The Morgan fingerprint density at radius 1 is 1.15 bits per heavy atom. The number of rotatable bonds is 5. The van der Waals surface area contributed by atoms with Gasteiger partial charge in [-0.1, -0.05) is 20.3 Å². The Hall–Kier alpha value is -0.0800. The zero-order valence-corrected chi connectivity index (χ0v) is 13.5. The second-order valence-corrected chi connectivity index (χ2v) is 8.04. The Labute approximate surface area is 125 Å². The molecular weight excluding hydrogens is 246 g/mol. The van der Waals surface area contributed by atoms with E-state index in [1.165, 1.54) is 64.5 Å². The molecule has 1 spiro atoms. The molecular formula is C18H33NO. The van der Waals surface area contributed by atoms with Crippen LogP contribution in [0.1, 0.15) is 65.2 Å². The molecule has 2 heteroatoms. The van der Waals surface area contributed by atoms with Crippen molar-refractivity contribution in [3.63, 3.8) is 0 Å². The highest BCUT2D eigenvalue weighted by Crippen LogP contribution is 2.49. The van der Waals surface area contributed by atoms with Gasteiger partial charge in [-0.15, -0.1) is 0 Å². The van der Waals surface area contributed by atoms with Crippen LogP contribution in [0.25, 0.3) is 0 Å². The first kappa shape index (κ1) is 14.8. The highest BCUT2D eigenvalue weighted by Gasteiger charge is 2.46. The summed E-state index contributed by atoms with van der Waals surface area (Å²) < 4.78 is 6.12. The average molecular weight is 279 g/mol. The van der Waals surface area contributed by atoms with Crippen LogP contribution in [0.15, 0.2) is 0 Å². The van der Waals surface area contributed by atoms with E-state index in [1.54, 1.807) is 0 Å². The molecule has 20 heavy (non-hydrogen) atoms. The van der Waals surface area contributed by atoms with E-state index in [1.807, 2.05) is 0 Å². The van der Waals surface area contributed by atoms with Gasteiger partial charge in [0.15, 0.2) is 0 Å². The van der Waals surface area contributed by atoms with Crippen molar-refractivity contribution in [2.45, 2.75) is 70.8 Å². The Morgan fingerprint density at radius 3 is 2.70 bits per heavy atom. The molecule has 1 saturated heterocycles. The maximum Gasteiger partial charge on any atom is 0.0685 e. The summed E-state index contributed by atoms with van der Waals surface area (Å²) in [7, 11) is 0. The topological polar surface area (TPSA) is 21.3 Å². The third-order valence-electron chi connectivity index (χ3n) is 6.08. The second-order valence-electron chi connectivity index (χ2n) is 8.04. The van der Waals surface area contributed by atoms with Crippen molar-refractivity contribution >= 4 is 0 Å². The molecule has 116 valence electrons. The van der Waals surface area contributed by atoms with Crippen molar-refractivity contribution in [2.24, 2.45) is 23.7 Å². The number of hydrogen-bond donors (Lipinski definition) is 1. The summed E-state index contributed by atoms with van der Waals surface area (Å²) in [5.41, 5.74) is 0.335. The summed E-state index contributed by atoms with van der Waals surface area (Å²) in [5, 5.41) is 3.71.